The van der Waals surface area contributed by atoms with Crippen molar-refractivity contribution in [2.75, 3.05) is 26.2 Å². The summed E-state index contributed by atoms with van der Waals surface area (Å²) in [7, 11) is 0. The van der Waals surface area contributed by atoms with Gasteiger partial charge in [0.25, 0.3) is 0 Å². The highest BCUT2D eigenvalue weighted by atomic mass is 15.1. The lowest BCUT2D eigenvalue weighted by molar-refractivity contribution is 0.117. The van der Waals surface area contributed by atoms with E-state index in [9.17, 15) is 0 Å². The molecule has 0 aromatic rings. The van der Waals surface area contributed by atoms with Crippen LogP contribution in [-0.4, -0.2) is 37.1 Å². The maximum absolute atomic E-state index is 3.76. The van der Waals surface area contributed by atoms with Gasteiger partial charge in [0.05, 0.1) is 0 Å². The van der Waals surface area contributed by atoms with Crippen LogP contribution in [0.1, 0.15) is 67.2 Å². The van der Waals surface area contributed by atoms with Gasteiger partial charge in [0.15, 0.2) is 0 Å². The zero-order chi connectivity index (χ0) is 15.8. The van der Waals surface area contributed by atoms with Crippen molar-refractivity contribution >= 4 is 0 Å². The summed E-state index contributed by atoms with van der Waals surface area (Å²) in [5.74, 6) is 3.45. The summed E-state index contributed by atoms with van der Waals surface area (Å²) in [5, 5.41) is 3.76. The van der Waals surface area contributed by atoms with E-state index in [2.05, 4.69) is 51.8 Å². The molecule has 1 aliphatic rings. The molecule has 0 aliphatic heterocycles. The fraction of sp³-hybridized carbons (Fsp3) is 1.00. The van der Waals surface area contributed by atoms with Gasteiger partial charge in [-0.3, -0.25) is 0 Å². The predicted octanol–water partition coefficient (Wildman–Crippen LogP) is 4.40. The summed E-state index contributed by atoms with van der Waals surface area (Å²) < 4.78 is 0. The van der Waals surface area contributed by atoms with Crippen LogP contribution in [0.5, 0.6) is 0 Å². The van der Waals surface area contributed by atoms with E-state index in [0.29, 0.717) is 0 Å². The smallest absolute Gasteiger partial charge is 0.0108 e. The van der Waals surface area contributed by atoms with Crippen molar-refractivity contribution in [3.8, 4) is 0 Å². The van der Waals surface area contributed by atoms with Gasteiger partial charge in [0.2, 0.25) is 0 Å². The third-order valence-corrected chi connectivity index (χ3v) is 5.64. The summed E-state index contributed by atoms with van der Waals surface area (Å²) in [6.45, 7) is 19.0. The highest BCUT2D eigenvalue weighted by Crippen LogP contribution is 2.34. The van der Waals surface area contributed by atoms with Crippen molar-refractivity contribution in [2.45, 2.75) is 73.3 Å². The zero-order valence-electron chi connectivity index (χ0n) is 15.5. The molecule has 0 spiro atoms. The molecule has 1 fully saturated rings. The minimum absolute atomic E-state index is 0.746. The van der Waals surface area contributed by atoms with E-state index in [0.717, 1.165) is 36.3 Å². The van der Waals surface area contributed by atoms with E-state index in [-0.39, 0.29) is 0 Å². The van der Waals surface area contributed by atoms with Crippen LogP contribution < -0.4 is 5.32 Å². The number of hydrogen-bond donors (Lipinski definition) is 1. The van der Waals surface area contributed by atoms with Crippen LogP contribution in [-0.2, 0) is 0 Å². The average molecular weight is 297 g/mol. The van der Waals surface area contributed by atoms with Crippen LogP contribution in [0.4, 0.5) is 0 Å². The van der Waals surface area contributed by atoms with Crippen molar-refractivity contribution < 1.29 is 0 Å². The van der Waals surface area contributed by atoms with Crippen LogP contribution in [0.3, 0.4) is 0 Å². The molecule has 1 rings (SSSR count). The Bertz CT molecular complexity index is 264. The second kappa shape index (κ2) is 9.84. The Morgan fingerprint density at radius 3 is 2.33 bits per heavy atom. The first-order valence-electron chi connectivity index (χ1n) is 9.47. The summed E-state index contributed by atoms with van der Waals surface area (Å²) in [4.78, 5) is 2.70. The topological polar surface area (TPSA) is 15.3 Å². The SMILES string of the molecule is CCNC1CCC(C(C)C)CC1CN(CC)CC(C)CC. The molecular weight excluding hydrogens is 256 g/mol. The number of rotatable bonds is 9. The number of nitrogens with one attached hydrogen (secondary N) is 1. The first-order valence-corrected chi connectivity index (χ1v) is 9.47. The van der Waals surface area contributed by atoms with Gasteiger partial charge in [-0.25, -0.2) is 0 Å². The van der Waals surface area contributed by atoms with Gasteiger partial charge in [-0.2, -0.15) is 0 Å². The Hall–Kier alpha value is -0.0800. The molecule has 0 heterocycles. The molecule has 0 amide bonds. The Balaban J connectivity index is 2.62. The normalized spacial score (nSPS) is 28.3. The second-order valence-electron chi connectivity index (χ2n) is 7.61. The minimum atomic E-state index is 0.746. The number of hydrogen-bond acceptors (Lipinski definition) is 2. The predicted molar refractivity (Wildman–Crippen MR) is 94.7 cm³/mol. The summed E-state index contributed by atoms with van der Waals surface area (Å²) in [6, 6.07) is 0.746. The maximum Gasteiger partial charge on any atom is 0.0108 e. The lowest BCUT2D eigenvalue weighted by Gasteiger charge is -2.41. The van der Waals surface area contributed by atoms with Crippen molar-refractivity contribution in [1.29, 1.82) is 0 Å². The van der Waals surface area contributed by atoms with Gasteiger partial charge < -0.3 is 10.2 Å². The molecule has 2 heteroatoms. The molecule has 21 heavy (non-hydrogen) atoms. The minimum Gasteiger partial charge on any atom is -0.314 e. The maximum atomic E-state index is 3.76. The molecule has 1 N–H and O–H groups in total. The van der Waals surface area contributed by atoms with Crippen LogP contribution in [0.15, 0.2) is 0 Å². The van der Waals surface area contributed by atoms with E-state index >= 15 is 0 Å². The number of nitrogens with zero attached hydrogens (tertiary/aromatic N) is 1. The first kappa shape index (κ1) is 19.0. The highest BCUT2D eigenvalue weighted by molar-refractivity contribution is 4.87. The molecule has 4 unspecified atom stereocenters. The Kier molecular flexibility index (Phi) is 8.89. The van der Waals surface area contributed by atoms with E-state index in [1.165, 1.54) is 45.3 Å². The standard InChI is InChI=1S/C19H40N2/c1-7-16(6)13-21(9-3)14-18-12-17(15(4)5)10-11-19(18)20-8-2/h15-20H,7-14H2,1-6H3. The third kappa shape index (κ3) is 6.28. The molecule has 4 atom stereocenters. The van der Waals surface area contributed by atoms with E-state index in [4.69, 9.17) is 0 Å². The molecular formula is C19H40N2. The lowest BCUT2D eigenvalue weighted by atomic mass is 9.73. The van der Waals surface area contributed by atoms with Gasteiger partial charge in [-0.15, -0.1) is 0 Å². The van der Waals surface area contributed by atoms with Crippen LogP contribution >= 0.6 is 0 Å². The quantitative estimate of drug-likeness (QED) is 0.678. The Morgan fingerprint density at radius 2 is 1.81 bits per heavy atom. The van der Waals surface area contributed by atoms with Crippen LogP contribution in [0.2, 0.25) is 0 Å². The molecule has 126 valence electrons. The fourth-order valence-electron chi connectivity index (χ4n) is 3.87. The zero-order valence-corrected chi connectivity index (χ0v) is 15.5. The third-order valence-electron chi connectivity index (χ3n) is 5.64. The van der Waals surface area contributed by atoms with Gasteiger partial charge in [0.1, 0.15) is 0 Å². The highest BCUT2D eigenvalue weighted by Gasteiger charge is 2.32. The molecule has 1 saturated carbocycles. The van der Waals surface area contributed by atoms with Crippen molar-refractivity contribution in [3.05, 3.63) is 0 Å². The molecule has 0 radical (unpaired) electrons. The van der Waals surface area contributed by atoms with Gasteiger partial charge in [-0.1, -0.05) is 48.0 Å². The molecule has 0 bridgehead atoms. The van der Waals surface area contributed by atoms with Gasteiger partial charge in [0, 0.05) is 19.1 Å². The molecule has 2 nitrogen and oxygen atoms in total. The summed E-state index contributed by atoms with van der Waals surface area (Å²) in [5.41, 5.74) is 0. The van der Waals surface area contributed by atoms with Crippen molar-refractivity contribution in [2.24, 2.45) is 23.7 Å². The van der Waals surface area contributed by atoms with Crippen LogP contribution in [0.25, 0.3) is 0 Å². The average Bonchev–Trinajstić information content (AvgIpc) is 2.47. The first-order chi connectivity index (χ1) is 10.0. The van der Waals surface area contributed by atoms with Gasteiger partial charge >= 0.3 is 0 Å². The van der Waals surface area contributed by atoms with Crippen LogP contribution in [0, 0.1) is 23.7 Å². The van der Waals surface area contributed by atoms with E-state index in [1.807, 2.05) is 0 Å². The summed E-state index contributed by atoms with van der Waals surface area (Å²) in [6.07, 6.45) is 5.52. The fourth-order valence-corrected chi connectivity index (χ4v) is 3.87. The molecule has 0 saturated heterocycles. The molecule has 1 aliphatic carbocycles. The van der Waals surface area contributed by atoms with Crippen molar-refractivity contribution in [1.82, 2.24) is 10.2 Å². The summed E-state index contributed by atoms with van der Waals surface area (Å²) >= 11 is 0. The molecule has 0 aromatic carbocycles. The van der Waals surface area contributed by atoms with Crippen molar-refractivity contribution in [3.63, 3.8) is 0 Å². The Morgan fingerprint density at radius 1 is 1.10 bits per heavy atom. The van der Waals surface area contributed by atoms with E-state index < -0.39 is 0 Å². The van der Waals surface area contributed by atoms with Gasteiger partial charge in [-0.05, 0) is 56.0 Å². The molecule has 0 aromatic heterocycles. The monoisotopic (exact) mass is 296 g/mol. The second-order valence-corrected chi connectivity index (χ2v) is 7.61. The lowest BCUT2D eigenvalue weighted by Crippen LogP contribution is -2.47. The van der Waals surface area contributed by atoms with E-state index in [1.54, 1.807) is 0 Å². The largest absolute Gasteiger partial charge is 0.314 e. The Labute approximate surface area is 134 Å².